The number of aromatic nitrogens is 1. The Hall–Kier alpha value is -2.17. The van der Waals surface area contributed by atoms with Gasteiger partial charge in [0.25, 0.3) is 0 Å². The Morgan fingerprint density at radius 1 is 0.929 bits per heavy atom. The van der Waals surface area contributed by atoms with Gasteiger partial charge in [-0.3, -0.25) is 4.79 Å². The predicted octanol–water partition coefficient (Wildman–Crippen LogP) is 6.18. The van der Waals surface area contributed by atoms with E-state index in [1.54, 1.807) is 12.1 Å². The third kappa shape index (κ3) is 8.24. The van der Waals surface area contributed by atoms with Crippen LogP contribution in [0.1, 0.15) is 90.4 Å². The Morgan fingerprint density at radius 3 is 2.18 bits per heavy atom. The standard InChI is InChI=1S/C23H33NO4/c1-2-3-4-5-6-7-8-9-10-11-12-13-14-22(25)28-19-15-16-21-20(17-19)23(26)27-18-24-21/h15-18H,2-14H2,1H3. The maximum absolute atomic E-state index is 12.0. The van der Waals surface area contributed by atoms with Crippen LogP contribution in [0.2, 0.25) is 0 Å². The van der Waals surface area contributed by atoms with Crippen molar-refractivity contribution >= 4 is 16.9 Å². The number of benzene rings is 1. The van der Waals surface area contributed by atoms with Crippen molar-refractivity contribution in [1.82, 2.24) is 4.98 Å². The minimum absolute atomic E-state index is 0.264. The van der Waals surface area contributed by atoms with Crippen LogP contribution in [0.3, 0.4) is 0 Å². The normalized spacial score (nSPS) is 11.0. The molecule has 5 heteroatoms. The fourth-order valence-corrected chi connectivity index (χ4v) is 3.34. The molecular formula is C23H33NO4. The SMILES string of the molecule is CCCCCCCCCCCCCCC(=O)Oc1ccc2ncoc(=O)c2c1. The van der Waals surface area contributed by atoms with Gasteiger partial charge in [-0.05, 0) is 24.6 Å². The molecule has 0 radical (unpaired) electrons. The van der Waals surface area contributed by atoms with Gasteiger partial charge >= 0.3 is 11.6 Å². The fourth-order valence-electron chi connectivity index (χ4n) is 3.34. The van der Waals surface area contributed by atoms with Crippen molar-refractivity contribution in [3.05, 3.63) is 35.0 Å². The fraction of sp³-hybridized carbons (Fsp3) is 0.609. The molecule has 0 aliphatic heterocycles. The second kappa shape index (κ2) is 13.1. The Morgan fingerprint density at radius 2 is 1.54 bits per heavy atom. The quantitative estimate of drug-likeness (QED) is 0.220. The summed E-state index contributed by atoms with van der Waals surface area (Å²) in [5.41, 5.74) is 0.0425. The summed E-state index contributed by atoms with van der Waals surface area (Å²) in [5, 5.41) is 0.318. The average molecular weight is 388 g/mol. The summed E-state index contributed by atoms with van der Waals surface area (Å²) in [6.45, 7) is 2.25. The highest BCUT2D eigenvalue weighted by Crippen LogP contribution is 2.18. The number of hydrogen-bond acceptors (Lipinski definition) is 5. The lowest BCUT2D eigenvalue weighted by Crippen LogP contribution is -2.08. The molecule has 0 saturated carbocycles. The molecule has 0 N–H and O–H groups in total. The highest BCUT2D eigenvalue weighted by molar-refractivity contribution is 5.80. The smallest absolute Gasteiger partial charge is 0.346 e. The monoisotopic (exact) mass is 387 g/mol. The lowest BCUT2D eigenvalue weighted by atomic mass is 10.0. The van der Waals surface area contributed by atoms with E-state index in [4.69, 9.17) is 9.15 Å². The zero-order valence-corrected chi connectivity index (χ0v) is 17.1. The van der Waals surface area contributed by atoms with E-state index >= 15 is 0 Å². The molecule has 0 saturated heterocycles. The molecule has 0 aliphatic rings. The van der Waals surface area contributed by atoms with Gasteiger partial charge in [-0.1, -0.05) is 77.6 Å². The second-order valence-electron chi connectivity index (χ2n) is 7.43. The van der Waals surface area contributed by atoms with Crippen molar-refractivity contribution in [2.24, 2.45) is 0 Å². The Balaban J connectivity index is 1.53. The zero-order valence-electron chi connectivity index (χ0n) is 17.1. The largest absolute Gasteiger partial charge is 0.427 e. The molecule has 1 aromatic carbocycles. The summed E-state index contributed by atoms with van der Waals surface area (Å²) in [5.74, 6) is 0.0939. The highest BCUT2D eigenvalue weighted by atomic mass is 16.5. The molecule has 0 fully saturated rings. The van der Waals surface area contributed by atoms with Crippen LogP contribution in [0.4, 0.5) is 0 Å². The molecule has 0 aliphatic carbocycles. The molecule has 0 spiro atoms. The molecule has 0 atom stereocenters. The summed E-state index contributed by atoms with van der Waals surface area (Å²) in [4.78, 5) is 27.6. The van der Waals surface area contributed by atoms with E-state index < -0.39 is 5.63 Å². The molecule has 154 valence electrons. The van der Waals surface area contributed by atoms with Crippen LogP contribution in [0.15, 0.2) is 33.8 Å². The molecule has 0 bridgehead atoms. The maximum Gasteiger partial charge on any atom is 0.346 e. The Labute approximate surface area is 167 Å². The van der Waals surface area contributed by atoms with Crippen molar-refractivity contribution < 1.29 is 13.9 Å². The van der Waals surface area contributed by atoms with Crippen LogP contribution in [0, 0.1) is 0 Å². The van der Waals surface area contributed by atoms with Crippen molar-refractivity contribution in [2.45, 2.75) is 90.4 Å². The van der Waals surface area contributed by atoms with Crippen molar-refractivity contribution in [2.75, 3.05) is 0 Å². The number of esters is 1. The molecule has 5 nitrogen and oxygen atoms in total. The first-order valence-corrected chi connectivity index (χ1v) is 10.8. The van der Waals surface area contributed by atoms with E-state index in [1.165, 1.54) is 70.3 Å². The van der Waals surface area contributed by atoms with Gasteiger partial charge in [-0.15, -0.1) is 0 Å². The number of carbonyl (C=O) groups excluding carboxylic acids is 1. The van der Waals surface area contributed by atoms with E-state index in [9.17, 15) is 9.59 Å². The first kappa shape index (κ1) is 22.1. The first-order valence-electron chi connectivity index (χ1n) is 10.8. The molecule has 28 heavy (non-hydrogen) atoms. The highest BCUT2D eigenvalue weighted by Gasteiger charge is 2.08. The molecule has 1 heterocycles. The minimum Gasteiger partial charge on any atom is -0.427 e. The number of hydrogen-bond donors (Lipinski definition) is 0. The molecule has 1 aromatic heterocycles. The summed E-state index contributed by atoms with van der Waals surface area (Å²) in [6, 6.07) is 4.81. The number of carbonyl (C=O) groups is 1. The number of nitrogens with zero attached hydrogens (tertiary/aromatic N) is 1. The van der Waals surface area contributed by atoms with Gasteiger partial charge in [-0.25, -0.2) is 9.78 Å². The predicted molar refractivity (Wildman–Crippen MR) is 112 cm³/mol. The third-order valence-electron chi connectivity index (χ3n) is 5.01. The van der Waals surface area contributed by atoms with Crippen LogP contribution < -0.4 is 10.4 Å². The average Bonchev–Trinajstić information content (AvgIpc) is 2.69. The van der Waals surface area contributed by atoms with Crippen molar-refractivity contribution in [1.29, 1.82) is 0 Å². The van der Waals surface area contributed by atoms with Gasteiger partial charge in [0.15, 0.2) is 6.39 Å². The van der Waals surface area contributed by atoms with Gasteiger partial charge in [0.2, 0.25) is 0 Å². The van der Waals surface area contributed by atoms with Gasteiger partial charge < -0.3 is 9.15 Å². The van der Waals surface area contributed by atoms with Gasteiger partial charge in [0, 0.05) is 6.42 Å². The number of ether oxygens (including phenoxy) is 1. The molecule has 2 rings (SSSR count). The van der Waals surface area contributed by atoms with Crippen LogP contribution in [0.25, 0.3) is 10.9 Å². The molecular weight excluding hydrogens is 354 g/mol. The number of unbranched alkanes of at least 4 members (excludes halogenated alkanes) is 11. The molecule has 0 unspecified atom stereocenters. The Bertz CT molecular complexity index is 769. The first-order chi connectivity index (χ1) is 13.7. The number of fused-ring (bicyclic) bond motifs is 1. The number of rotatable bonds is 14. The molecule has 2 aromatic rings. The van der Waals surface area contributed by atoms with Crippen LogP contribution in [-0.4, -0.2) is 11.0 Å². The van der Waals surface area contributed by atoms with E-state index in [1.807, 2.05) is 0 Å². The lowest BCUT2D eigenvalue weighted by molar-refractivity contribution is -0.134. The second-order valence-corrected chi connectivity index (χ2v) is 7.43. The van der Waals surface area contributed by atoms with Crippen LogP contribution >= 0.6 is 0 Å². The van der Waals surface area contributed by atoms with Crippen molar-refractivity contribution in [3.8, 4) is 5.75 Å². The lowest BCUT2D eigenvalue weighted by Gasteiger charge is -2.05. The minimum atomic E-state index is -0.483. The summed E-state index contributed by atoms with van der Waals surface area (Å²) in [7, 11) is 0. The molecule has 0 amide bonds. The maximum atomic E-state index is 12.0. The van der Waals surface area contributed by atoms with E-state index in [0.29, 0.717) is 23.1 Å². The topological polar surface area (TPSA) is 69.4 Å². The van der Waals surface area contributed by atoms with Crippen LogP contribution in [0.5, 0.6) is 5.75 Å². The summed E-state index contributed by atoms with van der Waals surface area (Å²) in [6.07, 6.45) is 16.6. The van der Waals surface area contributed by atoms with Crippen molar-refractivity contribution in [3.63, 3.8) is 0 Å². The van der Waals surface area contributed by atoms with Gasteiger partial charge in [0.05, 0.1) is 10.9 Å². The van der Waals surface area contributed by atoms with Gasteiger partial charge in [-0.2, -0.15) is 0 Å². The summed E-state index contributed by atoms with van der Waals surface area (Å²) >= 11 is 0. The Kier molecular flexibility index (Phi) is 10.3. The van der Waals surface area contributed by atoms with E-state index in [-0.39, 0.29) is 5.97 Å². The summed E-state index contributed by atoms with van der Waals surface area (Å²) < 4.78 is 10.1. The van der Waals surface area contributed by atoms with Crippen LogP contribution in [-0.2, 0) is 4.79 Å². The van der Waals surface area contributed by atoms with Gasteiger partial charge in [0.1, 0.15) is 5.75 Å². The van der Waals surface area contributed by atoms with E-state index in [2.05, 4.69) is 11.9 Å². The van der Waals surface area contributed by atoms with E-state index in [0.717, 1.165) is 19.2 Å². The zero-order chi connectivity index (χ0) is 20.0. The third-order valence-corrected chi connectivity index (χ3v) is 5.01.